The third-order valence-corrected chi connectivity index (χ3v) is 4.70. The van der Waals surface area contributed by atoms with Crippen molar-refractivity contribution in [1.29, 1.82) is 0 Å². The minimum Gasteiger partial charge on any atom is -0.326 e. The fourth-order valence-corrected chi connectivity index (χ4v) is 3.69. The first kappa shape index (κ1) is 13.2. The fourth-order valence-electron chi connectivity index (χ4n) is 2.44. The molecule has 0 saturated carbocycles. The molecule has 1 aliphatic rings. The van der Waals surface area contributed by atoms with Crippen LogP contribution in [0.3, 0.4) is 0 Å². The molecule has 5 heteroatoms. The summed E-state index contributed by atoms with van der Waals surface area (Å²) in [5.41, 5.74) is 1.56. The van der Waals surface area contributed by atoms with Crippen molar-refractivity contribution >= 4 is 17.7 Å². The number of hydrogen-bond acceptors (Lipinski definition) is 2. The third kappa shape index (κ3) is 2.22. The summed E-state index contributed by atoms with van der Waals surface area (Å²) in [4.78, 5) is 13.6. The zero-order chi connectivity index (χ0) is 14.1. The van der Waals surface area contributed by atoms with E-state index in [4.69, 9.17) is 0 Å². The number of halogens is 1. The molecule has 0 bridgehead atoms. The van der Waals surface area contributed by atoms with Gasteiger partial charge in [0.15, 0.2) is 0 Å². The van der Waals surface area contributed by atoms with E-state index in [1.165, 1.54) is 6.07 Å². The maximum Gasteiger partial charge on any atom is 0.233 e. The summed E-state index contributed by atoms with van der Waals surface area (Å²) in [7, 11) is 0. The van der Waals surface area contributed by atoms with Gasteiger partial charge in [-0.3, -0.25) is 4.79 Å². The number of benzene rings is 1. The topological polar surface area (TPSA) is 25.2 Å². The van der Waals surface area contributed by atoms with Gasteiger partial charge in [0.05, 0.1) is 11.4 Å². The predicted octanol–water partition coefficient (Wildman–Crippen LogP) is 3.21. The molecule has 1 fully saturated rings. The van der Waals surface area contributed by atoms with E-state index in [0.29, 0.717) is 18.0 Å². The maximum atomic E-state index is 13.8. The number of carbonyl (C=O) groups is 1. The highest BCUT2D eigenvalue weighted by Gasteiger charge is 2.31. The molecule has 0 radical (unpaired) electrons. The van der Waals surface area contributed by atoms with Crippen LogP contribution in [-0.4, -0.2) is 27.7 Å². The summed E-state index contributed by atoms with van der Waals surface area (Å²) in [5.74, 6) is 0.432. The van der Waals surface area contributed by atoms with Crippen LogP contribution in [0.4, 0.5) is 4.39 Å². The molecule has 0 aliphatic carbocycles. The Hall–Kier alpha value is -1.75. The fraction of sp³-hybridized carbons (Fsp3) is 0.267. The van der Waals surface area contributed by atoms with Crippen molar-refractivity contribution in [2.24, 2.45) is 0 Å². The highest BCUT2D eigenvalue weighted by molar-refractivity contribution is 8.00. The van der Waals surface area contributed by atoms with Crippen molar-refractivity contribution < 1.29 is 9.18 Å². The van der Waals surface area contributed by atoms with E-state index < -0.39 is 0 Å². The molecular weight excluding hydrogens is 275 g/mol. The lowest BCUT2D eigenvalue weighted by Gasteiger charge is -2.21. The van der Waals surface area contributed by atoms with Crippen molar-refractivity contribution in [3.63, 3.8) is 0 Å². The van der Waals surface area contributed by atoms with Crippen molar-refractivity contribution in [3.8, 4) is 5.69 Å². The van der Waals surface area contributed by atoms with Crippen molar-refractivity contribution in [1.82, 2.24) is 9.47 Å². The predicted molar refractivity (Wildman–Crippen MR) is 78.3 cm³/mol. The Balaban J connectivity index is 1.91. The van der Waals surface area contributed by atoms with Gasteiger partial charge in [-0.2, -0.15) is 0 Å². The van der Waals surface area contributed by atoms with Crippen LogP contribution >= 0.6 is 11.8 Å². The van der Waals surface area contributed by atoms with Gasteiger partial charge in [0, 0.05) is 24.5 Å². The van der Waals surface area contributed by atoms with E-state index >= 15 is 0 Å². The van der Waals surface area contributed by atoms with Gasteiger partial charge in [0.25, 0.3) is 0 Å². The Labute approximate surface area is 121 Å². The summed E-state index contributed by atoms with van der Waals surface area (Å²) >= 11 is 1.62. The van der Waals surface area contributed by atoms with Crippen LogP contribution < -0.4 is 0 Å². The lowest BCUT2D eigenvalue weighted by molar-refractivity contribution is -0.127. The summed E-state index contributed by atoms with van der Waals surface area (Å²) in [6, 6.07) is 8.62. The molecule has 20 heavy (non-hydrogen) atoms. The molecular formula is C15H15FN2OS. The van der Waals surface area contributed by atoms with Crippen LogP contribution in [0.2, 0.25) is 0 Å². The average molecular weight is 290 g/mol. The van der Waals surface area contributed by atoms with Gasteiger partial charge >= 0.3 is 0 Å². The molecule has 1 aromatic heterocycles. The second-order valence-corrected chi connectivity index (χ2v) is 5.72. The van der Waals surface area contributed by atoms with Gasteiger partial charge in [0.1, 0.15) is 11.2 Å². The maximum absolute atomic E-state index is 13.8. The number of nitrogens with zero attached hydrogens (tertiary/aromatic N) is 2. The van der Waals surface area contributed by atoms with Crippen molar-refractivity contribution in [2.75, 3.05) is 12.3 Å². The highest BCUT2D eigenvalue weighted by Crippen LogP contribution is 2.38. The van der Waals surface area contributed by atoms with Crippen LogP contribution in [0.1, 0.15) is 17.9 Å². The number of thioether (sulfide) groups is 1. The number of aromatic nitrogens is 1. The molecule has 2 heterocycles. The van der Waals surface area contributed by atoms with E-state index in [0.717, 1.165) is 5.56 Å². The SMILES string of the molecule is CCN1C(=O)CS[C@H]1c1ccn(-c2ccccc2F)c1. The van der Waals surface area contributed by atoms with E-state index in [9.17, 15) is 9.18 Å². The van der Waals surface area contributed by atoms with Gasteiger partial charge in [0.2, 0.25) is 5.91 Å². The molecule has 1 aliphatic heterocycles. The van der Waals surface area contributed by atoms with Gasteiger partial charge in [-0.1, -0.05) is 12.1 Å². The highest BCUT2D eigenvalue weighted by atomic mass is 32.2. The quantitative estimate of drug-likeness (QED) is 0.867. The summed E-state index contributed by atoms with van der Waals surface area (Å²) < 4.78 is 15.5. The third-order valence-electron chi connectivity index (χ3n) is 3.44. The lowest BCUT2D eigenvalue weighted by Crippen LogP contribution is -2.27. The second kappa shape index (κ2) is 5.32. The number of para-hydroxylation sites is 1. The monoisotopic (exact) mass is 290 g/mol. The first-order chi connectivity index (χ1) is 9.70. The van der Waals surface area contributed by atoms with Gasteiger partial charge in [-0.05, 0) is 25.1 Å². The normalized spacial score (nSPS) is 18.8. The molecule has 0 spiro atoms. The molecule has 1 saturated heterocycles. The molecule has 1 amide bonds. The zero-order valence-electron chi connectivity index (χ0n) is 11.1. The van der Waals surface area contributed by atoms with E-state index in [-0.39, 0.29) is 17.1 Å². The van der Waals surface area contributed by atoms with Crippen LogP contribution in [0.5, 0.6) is 0 Å². The minimum atomic E-state index is -0.253. The first-order valence-electron chi connectivity index (χ1n) is 6.54. The molecule has 1 atom stereocenters. The molecule has 0 unspecified atom stereocenters. The second-order valence-electron chi connectivity index (χ2n) is 4.65. The van der Waals surface area contributed by atoms with E-state index in [1.807, 2.05) is 36.4 Å². The Kier molecular flexibility index (Phi) is 3.53. The number of hydrogen-bond donors (Lipinski definition) is 0. The standard InChI is InChI=1S/C15H15FN2OS/c1-2-18-14(19)10-20-15(18)11-7-8-17(9-11)13-6-4-3-5-12(13)16/h3-9,15H,2,10H2,1H3/t15-/m0/s1. The number of amides is 1. The molecule has 104 valence electrons. The zero-order valence-corrected chi connectivity index (χ0v) is 11.9. The number of rotatable bonds is 3. The van der Waals surface area contributed by atoms with Gasteiger partial charge in [-0.15, -0.1) is 11.8 Å². The minimum absolute atomic E-state index is 0.0422. The Morgan fingerprint density at radius 3 is 2.90 bits per heavy atom. The smallest absolute Gasteiger partial charge is 0.233 e. The average Bonchev–Trinajstić information content (AvgIpc) is 3.05. The molecule has 0 N–H and O–H groups in total. The lowest BCUT2D eigenvalue weighted by atomic mass is 10.3. The van der Waals surface area contributed by atoms with Crippen molar-refractivity contribution in [3.05, 3.63) is 54.1 Å². The van der Waals surface area contributed by atoms with Gasteiger partial charge in [-0.25, -0.2) is 4.39 Å². The largest absolute Gasteiger partial charge is 0.326 e. The molecule has 3 rings (SSSR count). The Morgan fingerprint density at radius 1 is 1.35 bits per heavy atom. The Morgan fingerprint density at radius 2 is 2.15 bits per heavy atom. The van der Waals surface area contributed by atoms with Crippen molar-refractivity contribution in [2.45, 2.75) is 12.3 Å². The van der Waals surface area contributed by atoms with Gasteiger partial charge < -0.3 is 9.47 Å². The number of carbonyl (C=O) groups excluding carboxylic acids is 1. The van der Waals surface area contributed by atoms with E-state index in [2.05, 4.69) is 0 Å². The van der Waals surface area contributed by atoms with Crippen LogP contribution in [0, 0.1) is 5.82 Å². The molecule has 2 aromatic rings. The van der Waals surface area contributed by atoms with Crippen LogP contribution in [0.25, 0.3) is 5.69 Å². The molecule has 3 nitrogen and oxygen atoms in total. The van der Waals surface area contributed by atoms with E-state index in [1.54, 1.807) is 28.5 Å². The molecule has 1 aromatic carbocycles. The Bertz CT molecular complexity index is 640. The van der Waals surface area contributed by atoms with Crippen LogP contribution in [0.15, 0.2) is 42.7 Å². The summed E-state index contributed by atoms with van der Waals surface area (Å²) in [6.07, 6.45) is 3.74. The van der Waals surface area contributed by atoms with Crippen LogP contribution in [-0.2, 0) is 4.79 Å². The summed E-state index contributed by atoms with van der Waals surface area (Å²) in [5, 5.41) is 0.0422. The summed E-state index contributed by atoms with van der Waals surface area (Å²) in [6.45, 7) is 2.67. The first-order valence-corrected chi connectivity index (χ1v) is 7.59.